The zero-order valence-electron chi connectivity index (χ0n) is 16.1. The summed E-state index contributed by atoms with van der Waals surface area (Å²) in [7, 11) is 0. The fourth-order valence-electron chi connectivity index (χ4n) is 2.65. The Morgan fingerprint density at radius 2 is 0.870 bits per heavy atom. The van der Waals surface area contributed by atoms with Crippen molar-refractivity contribution < 1.29 is 15.4 Å². The van der Waals surface area contributed by atoms with Gasteiger partial charge in [-0.15, -0.1) is 0 Å². The van der Waals surface area contributed by atoms with E-state index in [1.165, 1.54) is 83.5 Å². The summed E-state index contributed by atoms with van der Waals surface area (Å²) >= 11 is 0. The Labute approximate surface area is 144 Å². The van der Waals surface area contributed by atoms with Gasteiger partial charge in [-0.2, -0.15) is 0 Å². The van der Waals surface area contributed by atoms with Gasteiger partial charge in [-0.1, -0.05) is 96.8 Å². The minimum Gasteiger partial charge on any atom is -0.870 e. The lowest BCUT2D eigenvalue weighted by molar-refractivity contribution is -0.137. The maximum Gasteiger partial charge on any atom is 0.303 e. The third-order valence-corrected chi connectivity index (χ3v) is 3.99. The van der Waals surface area contributed by atoms with Gasteiger partial charge in [0.1, 0.15) is 0 Å². The van der Waals surface area contributed by atoms with Gasteiger partial charge in [0.05, 0.1) is 0 Å². The average Bonchev–Trinajstić information content (AvgIpc) is 2.43. The van der Waals surface area contributed by atoms with E-state index in [-0.39, 0.29) is 17.8 Å². The second-order valence-corrected chi connectivity index (χ2v) is 6.09. The summed E-state index contributed by atoms with van der Waals surface area (Å²) in [4.78, 5) is 10.3. The van der Waals surface area contributed by atoms with Crippen LogP contribution in [-0.4, -0.2) is 16.6 Å². The van der Waals surface area contributed by atoms with Crippen LogP contribution in [0.3, 0.4) is 0 Å². The molecule has 0 aromatic heterocycles. The van der Waals surface area contributed by atoms with Crippen LogP contribution in [0.25, 0.3) is 0 Å². The topological polar surface area (TPSA) is 140 Å². The molecule has 0 saturated heterocycles. The molecule has 0 radical (unpaired) electrons. The third-order valence-electron chi connectivity index (χ3n) is 3.99. The van der Waals surface area contributed by atoms with Crippen LogP contribution in [0, 0.1) is 0 Å². The number of rotatable bonds is 16. The van der Waals surface area contributed by atoms with Crippen LogP contribution in [0.15, 0.2) is 0 Å². The van der Waals surface area contributed by atoms with E-state index in [0.717, 1.165) is 12.8 Å². The van der Waals surface area contributed by atoms with E-state index in [9.17, 15) is 4.79 Å². The molecule has 0 aliphatic rings. The number of carbonyl (C=O) groups is 1. The Kier molecular flexibility index (Phi) is 34.5. The minimum absolute atomic E-state index is 0. The van der Waals surface area contributed by atoms with Crippen molar-refractivity contribution in [3.05, 3.63) is 0 Å². The van der Waals surface area contributed by atoms with Crippen molar-refractivity contribution in [3.8, 4) is 0 Å². The summed E-state index contributed by atoms with van der Waals surface area (Å²) < 4.78 is 0. The summed E-state index contributed by atoms with van der Waals surface area (Å²) in [5.41, 5.74) is 0. The second kappa shape index (κ2) is 26.3. The molecule has 0 spiro atoms. The average molecular weight is 338 g/mol. The maximum absolute atomic E-state index is 10.3. The van der Waals surface area contributed by atoms with Gasteiger partial charge in [0.15, 0.2) is 0 Å². The Bertz CT molecular complexity index is 214. The number of carboxylic acid groups (broad SMARTS) is 1. The maximum atomic E-state index is 10.3. The van der Waals surface area contributed by atoms with Crippen LogP contribution in [0.1, 0.15) is 110 Å². The van der Waals surface area contributed by atoms with Crippen molar-refractivity contribution in [2.45, 2.75) is 110 Å². The van der Waals surface area contributed by atoms with Crippen LogP contribution in [0.2, 0.25) is 0 Å². The first-order valence-electron chi connectivity index (χ1n) is 8.99. The molecule has 144 valence electrons. The molecule has 0 rings (SSSR count). The number of hydrogen-bond donors (Lipinski definition) is 3. The van der Waals surface area contributed by atoms with Gasteiger partial charge in [0.25, 0.3) is 0 Å². The van der Waals surface area contributed by atoms with E-state index < -0.39 is 5.97 Å². The van der Waals surface area contributed by atoms with Crippen LogP contribution in [-0.2, 0) is 4.79 Å². The molecule has 23 heavy (non-hydrogen) atoms. The van der Waals surface area contributed by atoms with Crippen LogP contribution in [0.4, 0.5) is 0 Å². The van der Waals surface area contributed by atoms with Crippen LogP contribution < -0.4 is 12.3 Å². The first-order chi connectivity index (χ1) is 9.77. The van der Waals surface area contributed by atoms with E-state index in [2.05, 4.69) is 6.92 Å². The monoisotopic (exact) mass is 337 g/mol. The third kappa shape index (κ3) is 29.9. The van der Waals surface area contributed by atoms with E-state index >= 15 is 0 Å². The standard InChI is InChI=1S/C18H36O2.2H3N.H2O/c1-2-3-4-5-6-7-8-9-10-11-12-13-14-15-16-17-18(19)20;;;/h2-17H2,1H3,(H,19,20);2*1H3;1H2/p+1. The smallest absolute Gasteiger partial charge is 0.303 e. The molecular weight excluding hydrogens is 292 g/mol. The lowest BCUT2D eigenvalue weighted by Crippen LogP contribution is -1.93. The van der Waals surface area contributed by atoms with Crippen molar-refractivity contribution in [3.63, 3.8) is 0 Å². The summed E-state index contributed by atoms with van der Waals surface area (Å²) in [6.07, 6.45) is 20.2. The van der Waals surface area contributed by atoms with Gasteiger partial charge in [-0.25, -0.2) is 0 Å². The normalized spacial score (nSPS) is 9.43. The van der Waals surface area contributed by atoms with Gasteiger partial charge < -0.3 is 22.9 Å². The number of hydrogen-bond acceptors (Lipinski definition) is 2. The van der Waals surface area contributed by atoms with E-state index in [1.807, 2.05) is 0 Å². The summed E-state index contributed by atoms with van der Waals surface area (Å²) in [5.74, 6) is -0.653. The predicted octanol–water partition coefficient (Wildman–Crippen LogP) is 6.91. The van der Waals surface area contributed by atoms with Crippen molar-refractivity contribution in [1.29, 1.82) is 0 Å². The molecule has 0 atom stereocenters. The molecule has 0 aliphatic heterocycles. The zero-order valence-corrected chi connectivity index (χ0v) is 16.1. The molecular formula is C18H45N2O3+. The SMILES string of the molecule is CCCCCCCCCCCCCCCCCC(=O)O.[NH4+].[NH4+].[OH-]. The molecule has 5 nitrogen and oxygen atoms in total. The fraction of sp³-hybridized carbons (Fsp3) is 0.944. The van der Waals surface area contributed by atoms with Gasteiger partial charge >= 0.3 is 5.97 Å². The van der Waals surface area contributed by atoms with Gasteiger partial charge in [-0.3, -0.25) is 4.79 Å². The van der Waals surface area contributed by atoms with E-state index in [1.54, 1.807) is 0 Å². The Morgan fingerprint density at radius 1 is 0.609 bits per heavy atom. The number of carboxylic acids is 1. The van der Waals surface area contributed by atoms with E-state index in [4.69, 9.17) is 5.11 Å². The van der Waals surface area contributed by atoms with Crippen molar-refractivity contribution in [2.24, 2.45) is 0 Å². The van der Waals surface area contributed by atoms with Gasteiger partial charge in [0.2, 0.25) is 0 Å². The lowest BCUT2D eigenvalue weighted by atomic mass is 10.0. The molecule has 0 bridgehead atoms. The Morgan fingerprint density at radius 3 is 1.13 bits per heavy atom. The molecule has 0 heterocycles. The number of aliphatic carboxylic acids is 1. The zero-order chi connectivity index (χ0) is 14.9. The van der Waals surface area contributed by atoms with Crippen molar-refractivity contribution in [2.75, 3.05) is 0 Å². The van der Waals surface area contributed by atoms with Crippen LogP contribution >= 0.6 is 0 Å². The van der Waals surface area contributed by atoms with Gasteiger partial charge in [0, 0.05) is 6.42 Å². The first-order valence-corrected chi connectivity index (χ1v) is 8.99. The quantitative estimate of drug-likeness (QED) is 0.263. The highest BCUT2D eigenvalue weighted by molar-refractivity contribution is 5.66. The molecule has 0 aromatic carbocycles. The van der Waals surface area contributed by atoms with Crippen molar-refractivity contribution in [1.82, 2.24) is 12.3 Å². The number of unbranched alkanes of at least 4 members (excludes halogenated alkanes) is 14. The predicted molar refractivity (Wildman–Crippen MR) is 101 cm³/mol. The molecule has 0 saturated carbocycles. The molecule has 0 amide bonds. The largest absolute Gasteiger partial charge is 0.870 e. The summed E-state index contributed by atoms with van der Waals surface area (Å²) in [6, 6.07) is 0. The summed E-state index contributed by atoms with van der Waals surface area (Å²) in [5, 5.41) is 8.52. The van der Waals surface area contributed by atoms with Gasteiger partial charge in [-0.05, 0) is 6.42 Å². The molecule has 10 N–H and O–H groups in total. The fourth-order valence-corrected chi connectivity index (χ4v) is 2.65. The van der Waals surface area contributed by atoms with Crippen molar-refractivity contribution >= 4 is 5.97 Å². The number of quaternary nitrogens is 2. The molecule has 0 aliphatic carbocycles. The van der Waals surface area contributed by atoms with E-state index in [0.29, 0.717) is 6.42 Å². The highest BCUT2D eigenvalue weighted by Gasteiger charge is 1.97. The molecule has 5 heteroatoms. The highest BCUT2D eigenvalue weighted by Crippen LogP contribution is 2.13. The Balaban J connectivity index is -0.000000602. The molecule has 0 unspecified atom stereocenters. The van der Waals surface area contributed by atoms with Crippen LogP contribution in [0.5, 0.6) is 0 Å². The molecule has 0 fully saturated rings. The molecule has 0 aromatic rings. The Hall–Kier alpha value is -0.650. The first kappa shape index (κ1) is 30.3. The minimum atomic E-state index is -0.653. The highest BCUT2D eigenvalue weighted by atomic mass is 16.4. The second-order valence-electron chi connectivity index (χ2n) is 6.09. The lowest BCUT2D eigenvalue weighted by Gasteiger charge is -2.03. The summed E-state index contributed by atoms with van der Waals surface area (Å²) in [6.45, 7) is 2.27.